The molecule has 4 aromatic heterocycles. The summed E-state index contributed by atoms with van der Waals surface area (Å²) in [4.78, 5) is 30.4. The van der Waals surface area contributed by atoms with Crippen LogP contribution in [0.2, 0.25) is 0 Å². The molecular weight excluding hydrogens is 701 g/mol. The van der Waals surface area contributed by atoms with E-state index in [-0.39, 0.29) is 0 Å². The van der Waals surface area contributed by atoms with Gasteiger partial charge in [0.1, 0.15) is 0 Å². The van der Waals surface area contributed by atoms with Gasteiger partial charge in [-0.2, -0.15) is 19.9 Å². The first-order valence-electron chi connectivity index (χ1n) is 18.8. The molecule has 8 nitrogen and oxygen atoms in total. The Morgan fingerprint density at radius 3 is 1.32 bits per heavy atom. The van der Waals surface area contributed by atoms with Crippen molar-refractivity contribution in [2.24, 2.45) is 0 Å². The molecule has 0 saturated carbocycles. The van der Waals surface area contributed by atoms with Gasteiger partial charge in [0.2, 0.25) is 11.9 Å². The minimum absolute atomic E-state index is 0.520. The lowest BCUT2D eigenvalue weighted by atomic mass is 10.1. The van der Waals surface area contributed by atoms with Gasteiger partial charge < -0.3 is 0 Å². The Hall–Kier alpha value is -7.84. The minimum Gasteiger partial charge on any atom is -0.278 e. The average Bonchev–Trinajstić information content (AvgIpc) is 3.78. The summed E-state index contributed by atoms with van der Waals surface area (Å²) in [5.74, 6) is 3.39. The zero-order valence-electron chi connectivity index (χ0n) is 31.0. The van der Waals surface area contributed by atoms with Crippen molar-refractivity contribution >= 4 is 49.7 Å². The van der Waals surface area contributed by atoms with E-state index in [0.717, 1.165) is 60.3 Å². The van der Waals surface area contributed by atoms with Gasteiger partial charge in [0.25, 0.3) is 0 Å². The van der Waals surface area contributed by atoms with E-state index in [1.807, 2.05) is 134 Å². The van der Waals surface area contributed by atoms with E-state index in [4.69, 9.17) is 29.9 Å². The molecule has 0 fully saturated rings. The molecule has 0 aliphatic heterocycles. The van der Waals surface area contributed by atoms with Crippen molar-refractivity contribution in [2.75, 3.05) is 0 Å². The first-order chi connectivity index (χ1) is 28.2. The molecule has 0 atom stereocenters. The second kappa shape index (κ2) is 14.4. The number of nitrogens with zero attached hydrogens (tertiary/aromatic N) is 8. The number of hydrogen-bond donors (Lipinski definition) is 0. The van der Waals surface area contributed by atoms with Gasteiger partial charge >= 0.3 is 0 Å². The summed E-state index contributed by atoms with van der Waals surface area (Å²) < 4.78 is 4.30. The summed E-state index contributed by atoms with van der Waals surface area (Å²) in [5.41, 5.74) is 6.60. The minimum atomic E-state index is 0.520. The van der Waals surface area contributed by atoms with Crippen LogP contribution in [-0.4, -0.2) is 39.0 Å². The molecule has 0 bridgehead atoms. The van der Waals surface area contributed by atoms with E-state index in [2.05, 4.69) is 69.8 Å². The number of benzene rings is 6. The van der Waals surface area contributed by atoms with Gasteiger partial charge in [-0.25, -0.2) is 9.97 Å². The molecule has 10 rings (SSSR count). The summed E-state index contributed by atoms with van der Waals surface area (Å²) in [7, 11) is 0. The van der Waals surface area contributed by atoms with Crippen LogP contribution < -0.4 is 0 Å². The van der Waals surface area contributed by atoms with Gasteiger partial charge in [-0.05, 0) is 37.3 Å². The molecule has 0 spiro atoms. The van der Waals surface area contributed by atoms with Crippen molar-refractivity contribution in [1.82, 2.24) is 39.0 Å². The normalized spacial score (nSPS) is 12.1. The molecule has 10 aromatic rings. The molecule has 4 heterocycles. The van der Waals surface area contributed by atoms with Crippen LogP contribution in [0.3, 0.4) is 0 Å². The summed E-state index contributed by atoms with van der Waals surface area (Å²) in [5, 5.41) is 4.36. The fourth-order valence-corrected chi connectivity index (χ4v) is 7.41. The van der Waals surface area contributed by atoms with Crippen LogP contribution in [-0.2, 0) is 0 Å². The third-order valence-electron chi connectivity index (χ3n) is 10.00. The van der Waals surface area contributed by atoms with Crippen molar-refractivity contribution in [3.05, 3.63) is 188 Å². The maximum Gasteiger partial charge on any atom is 0.238 e. The maximum atomic E-state index is 5.16. The molecule has 0 aliphatic carbocycles. The maximum absolute atomic E-state index is 5.16. The first-order valence-corrected chi connectivity index (χ1v) is 18.8. The molecule has 0 N–H and O–H groups in total. The zero-order chi connectivity index (χ0) is 38.1. The van der Waals surface area contributed by atoms with Gasteiger partial charge in [-0.3, -0.25) is 9.13 Å². The highest BCUT2D eigenvalue weighted by molar-refractivity contribution is 6.19. The number of hydrogen-bond acceptors (Lipinski definition) is 6. The van der Waals surface area contributed by atoms with Crippen LogP contribution in [0, 0.1) is 0 Å². The summed E-state index contributed by atoms with van der Waals surface area (Å²) in [6, 6.07) is 51.5. The molecule has 0 saturated heterocycles. The molecule has 270 valence electrons. The van der Waals surface area contributed by atoms with Crippen molar-refractivity contribution in [2.45, 2.75) is 6.92 Å². The Balaban J connectivity index is 1.27. The monoisotopic (exact) mass is 734 g/mol. The Kier molecular flexibility index (Phi) is 8.53. The fourth-order valence-electron chi connectivity index (χ4n) is 7.41. The SMILES string of the molecule is C\C=C/C=C\C=C\c1nc(-c2ccccc2)nc(-n2c3ccccc3c3cc4c5ccccc5n(-c5nc(-c6ccccc6)nc(-c6ccccc6)n5)c4cc32)n1. The molecule has 6 aromatic carbocycles. The molecule has 8 heteroatoms. The largest absolute Gasteiger partial charge is 0.278 e. The summed E-state index contributed by atoms with van der Waals surface area (Å²) in [6.07, 6.45) is 11.8. The van der Waals surface area contributed by atoms with E-state index >= 15 is 0 Å². The lowest BCUT2D eigenvalue weighted by Crippen LogP contribution is -2.07. The van der Waals surface area contributed by atoms with Crippen LogP contribution in [0.25, 0.3) is 95.7 Å². The van der Waals surface area contributed by atoms with Gasteiger partial charge in [0.15, 0.2) is 23.3 Å². The zero-order valence-corrected chi connectivity index (χ0v) is 31.0. The molecule has 0 aliphatic rings. The number of allylic oxidation sites excluding steroid dienone is 5. The standard InChI is InChI=1S/C49H34N8/c1-2-3-4-5-15-30-44-50-45(33-20-9-6-10-21-33)53-48(51-44)56-40-28-18-16-26-36(40)38-31-39-37-27-17-19-29-41(37)57(43(39)32-42(38)56)49-54-46(34-22-11-7-12-23-34)52-47(55-49)35-24-13-8-14-25-35/h2-32H,1H3/b3-2-,5-4-,30-15+. The number of para-hydroxylation sites is 2. The van der Waals surface area contributed by atoms with Gasteiger partial charge in [-0.1, -0.05) is 158 Å². The van der Waals surface area contributed by atoms with Gasteiger partial charge in [0.05, 0.1) is 22.1 Å². The third kappa shape index (κ3) is 6.15. The molecular formula is C49H34N8. The van der Waals surface area contributed by atoms with E-state index in [0.29, 0.717) is 35.2 Å². The highest BCUT2D eigenvalue weighted by Gasteiger charge is 2.22. The van der Waals surface area contributed by atoms with E-state index in [1.54, 1.807) is 0 Å². The van der Waals surface area contributed by atoms with E-state index < -0.39 is 0 Å². The Morgan fingerprint density at radius 1 is 0.368 bits per heavy atom. The van der Waals surface area contributed by atoms with E-state index in [1.165, 1.54) is 0 Å². The average molecular weight is 735 g/mol. The lowest BCUT2D eigenvalue weighted by Gasteiger charge is -2.11. The smallest absolute Gasteiger partial charge is 0.238 e. The van der Waals surface area contributed by atoms with Crippen molar-refractivity contribution in [3.63, 3.8) is 0 Å². The Morgan fingerprint density at radius 2 is 0.807 bits per heavy atom. The highest BCUT2D eigenvalue weighted by Crippen LogP contribution is 2.39. The number of aromatic nitrogens is 8. The predicted octanol–water partition coefficient (Wildman–Crippen LogP) is 11.4. The van der Waals surface area contributed by atoms with Gasteiger partial charge in [0, 0.05) is 38.2 Å². The van der Waals surface area contributed by atoms with Crippen molar-refractivity contribution < 1.29 is 0 Å². The van der Waals surface area contributed by atoms with Crippen LogP contribution in [0.5, 0.6) is 0 Å². The van der Waals surface area contributed by atoms with Crippen LogP contribution >= 0.6 is 0 Å². The van der Waals surface area contributed by atoms with Crippen LogP contribution in [0.15, 0.2) is 182 Å². The second-order valence-corrected chi connectivity index (χ2v) is 13.6. The quantitative estimate of drug-likeness (QED) is 0.144. The highest BCUT2D eigenvalue weighted by atomic mass is 15.2. The number of fused-ring (bicyclic) bond motifs is 6. The van der Waals surface area contributed by atoms with Crippen molar-refractivity contribution in [1.29, 1.82) is 0 Å². The lowest BCUT2D eigenvalue weighted by molar-refractivity contribution is 0.935. The second-order valence-electron chi connectivity index (χ2n) is 13.6. The third-order valence-corrected chi connectivity index (χ3v) is 10.00. The molecule has 0 unspecified atom stereocenters. The summed E-state index contributed by atoms with van der Waals surface area (Å²) in [6.45, 7) is 1.99. The topological polar surface area (TPSA) is 87.2 Å². The van der Waals surface area contributed by atoms with E-state index in [9.17, 15) is 0 Å². The first kappa shape index (κ1) is 33.7. The molecule has 57 heavy (non-hydrogen) atoms. The molecule has 0 radical (unpaired) electrons. The van der Waals surface area contributed by atoms with Crippen LogP contribution in [0.4, 0.5) is 0 Å². The number of rotatable bonds is 8. The predicted molar refractivity (Wildman–Crippen MR) is 231 cm³/mol. The van der Waals surface area contributed by atoms with Crippen LogP contribution in [0.1, 0.15) is 12.7 Å². The van der Waals surface area contributed by atoms with Gasteiger partial charge in [-0.15, -0.1) is 0 Å². The fraction of sp³-hybridized carbons (Fsp3) is 0.0204. The molecule has 0 amide bonds. The Labute approximate surface area is 328 Å². The van der Waals surface area contributed by atoms with Crippen molar-refractivity contribution in [3.8, 4) is 46.1 Å². The summed E-state index contributed by atoms with van der Waals surface area (Å²) >= 11 is 0. The Bertz CT molecular complexity index is 3120.